The molecule has 0 spiro atoms. The molecule has 0 radical (unpaired) electrons. The number of aromatic nitrogens is 4. The minimum atomic E-state index is -0.307. The van der Waals surface area contributed by atoms with Gasteiger partial charge in [0.2, 0.25) is 0 Å². The van der Waals surface area contributed by atoms with Crippen LogP contribution in [0.3, 0.4) is 0 Å². The van der Waals surface area contributed by atoms with Gasteiger partial charge in [0.05, 0.1) is 16.7 Å². The zero-order valence-corrected chi connectivity index (χ0v) is 38.6. The van der Waals surface area contributed by atoms with Crippen LogP contribution in [0.1, 0.15) is 75.4 Å². The molecule has 0 amide bonds. The van der Waals surface area contributed by atoms with Gasteiger partial charge in [-0.2, -0.15) is 9.97 Å². The molecule has 0 N–H and O–H groups in total. The molecule has 0 aliphatic heterocycles. The predicted molar refractivity (Wildman–Crippen MR) is 266 cm³/mol. The zero-order chi connectivity index (χ0) is 44.9. The molecule has 2 heterocycles. The third-order valence-corrected chi connectivity index (χ3v) is 11.7. The van der Waals surface area contributed by atoms with Crippen molar-refractivity contribution in [1.82, 2.24) is 19.5 Å². The summed E-state index contributed by atoms with van der Waals surface area (Å²) in [7, 11) is 0. The normalized spacial score (nSPS) is 11.9. The second-order valence-electron chi connectivity index (χ2n) is 19.1. The zero-order valence-electron chi connectivity index (χ0n) is 38.6. The van der Waals surface area contributed by atoms with Gasteiger partial charge in [0.1, 0.15) is 11.6 Å². The topological polar surface area (TPSA) is 59.3 Å². The average molecular weight is 841 g/mol. The Labute approximate surface area is 377 Å². The van der Waals surface area contributed by atoms with Gasteiger partial charge in [-0.1, -0.05) is 124 Å². The monoisotopic (exact) mass is 840 g/mol. The van der Waals surface area contributed by atoms with Crippen molar-refractivity contribution in [2.45, 2.75) is 80.1 Å². The molecular weight excluding hydrogens is 785 g/mol. The highest BCUT2D eigenvalue weighted by Gasteiger charge is 2.27. The highest BCUT2D eigenvalue weighted by Crippen LogP contribution is 2.44. The van der Waals surface area contributed by atoms with Crippen molar-refractivity contribution >= 4 is 55.9 Å². The van der Waals surface area contributed by atoms with Crippen LogP contribution in [0.4, 0.5) is 34.1 Å². The lowest BCUT2D eigenvalue weighted by Crippen LogP contribution is -2.23. The Morgan fingerprint density at radius 2 is 0.750 bits per heavy atom. The Morgan fingerprint density at radius 1 is 0.406 bits per heavy atom. The third-order valence-electron chi connectivity index (χ3n) is 11.7. The third kappa shape index (κ3) is 8.34. The Hall–Kier alpha value is -7.25. The van der Waals surface area contributed by atoms with E-state index in [1.54, 1.807) is 0 Å². The number of hydrogen-bond donors (Lipinski definition) is 0. The molecule has 0 aliphatic rings. The van der Waals surface area contributed by atoms with Crippen molar-refractivity contribution in [3.05, 3.63) is 192 Å². The summed E-state index contributed by atoms with van der Waals surface area (Å²) in [6.45, 7) is 21.2. The first-order valence-electron chi connectivity index (χ1n) is 22.1. The summed E-state index contributed by atoms with van der Waals surface area (Å²) < 4.78 is 9.11. The van der Waals surface area contributed by atoms with Crippen molar-refractivity contribution in [1.29, 1.82) is 0 Å². The number of hydrogen-bond acceptors (Lipinski definition) is 6. The fourth-order valence-electron chi connectivity index (χ4n) is 8.11. The molecule has 0 saturated heterocycles. The highest BCUT2D eigenvalue weighted by atomic mass is 16.5. The van der Waals surface area contributed by atoms with Gasteiger partial charge in [-0.3, -0.25) is 0 Å². The largest absolute Gasteiger partial charge is 0.422 e. The molecule has 0 unspecified atom stereocenters. The summed E-state index contributed by atoms with van der Waals surface area (Å²) in [5, 5.41) is 2.21. The first-order chi connectivity index (χ1) is 30.6. The van der Waals surface area contributed by atoms with Crippen molar-refractivity contribution in [2.75, 3.05) is 9.80 Å². The van der Waals surface area contributed by atoms with Gasteiger partial charge in [-0.25, -0.2) is 4.98 Å². The fraction of sp³-hybridized carbons (Fsp3) is 0.211. The molecule has 0 saturated carbocycles. The lowest BCUT2D eigenvalue weighted by molar-refractivity contribution is 0.405. The highest BCUT2D eigenvalue weighted by molar-refractivity contribution is 6.12. The molecule has 64 heavy (non-hydrogen) atoms. The van der Waals surface area contributed by atoms with Gasteiger partial charge in [0.15, 0.2) is 5.75 Å². The van der Waals surface area contributed by atoms with Crippen LogP contribution in [0.2, 0.25) is 0 Å². The van der Waals surface area contributed by atoms with Crippen LogP contribution in [-0.4, -0.2) is 19.5 Å². The van der Waals surface area contributed by atoms with Gasteiger partial charge in [0, 0.05) is 55.7 Å². The van der Waals surface area contributed by atoms with Crippen molar-refractivity contribution in [3.63, 3.8) is 0 Å². The molecule has 7 aromatic carbocycles. The van der Waals surface area contributed by atoms with E-state index in [0.29, 0.717) is 17.4 Å². The molecule has 0 fully saturated rings. The van der Waals surface area contributed by atoms with E-state index >= 15 is 0 Å². The van der Waals surface area contributed by atoms with Crippen LogP contribution in [0.15, 0.2) is 158 Å². The minimum absolute atomic E-state index is 0.279. The molecule has 7 nitrogen and oxygen atoms in total. The van der Waals surface area contributed by atoms with E-state index in [9.17, 15) is 0 Å². The van der Waals surface area contributed by atoms with Crippen molar-refractivity contribution in [3.8, 4) is 17.4 Å². The molecule has 0 bridgehead atoms. The second-order valence-corrected chi connectivity index (χ2v) is 19.1. The van der Waals surface area contributed by atoms with Gasteiger partial charge in [-0.15, -0.1) is 0 Å². The van der Waals surface area contributed by atoms with Gasteiger partial charge in [0.25, 0.3) is 0 Å². The molecule has 2 aromatic heterocycles. The van der Waals surface area contributed by atoms with Crippen LogP contribution in [0, 0.1) is 27.7 Å². The van der Waals surface area contributed by atoms with Crippen LogP contribution >= 0.6 is 0 Å². The molecule has 0 atom stereocenters. The summed E-state index contributed by atoms with van der Waals surface area (Å²) in [6.07, 6.45) is 0. The molecular formula is C57H56N6O. The van der Waals surface area contributed by atoms with E-state index in [-0.39, 0.29) is 16.8 Å². The molecule has 9 rings (SSSR count). The second kappa shape index (κ2) is 16.5. The standard InChI is InChI=1S/C57H56N6O/c1-37-15-23-41(24-16-37)61(42-25-17-38(2)18-26-42)45-31-33-49-47(35-45)48-36-46(62(43-27-19-39(3)20-28-43)44-29-21-40(4)22-30-44)32-34-50(48)63(49)51-13-11-12-14-52(51)64-55-59-53(56(5,6)7)58-54(60-55)57(8,9)10/h11-36H,1-10H3. The van der Waals surface area contributed by atoms with E-state index in [2.05, 4.69) is 229 Å². The van der Waals surface area contributed by atoms with E-state index in [4.69, 9.17) is 19.7 Å². The number of fused-ring (bicyclic) bond motifs is 3. The Kier molecular flexibility index (Phi) is 10.8. The number of rotatable bonds is 9. The molecule has 320 valence electrons. The van der Waals surface area contributed by atoms with E-state index < -0.39 is 0 Å². The molecule has 7 heteroatoms. The summed E-state index contributed by atoms with van der Waals surface area (Å²) in [4.78, 5) is 19.4. The number of benzene rings is 7. The lowest BCUT2D eigenvalue weighted by Gasteiger charge is -2.26. The Balaban J connectivity index is 1.29. The number of aryl methyl sites for hydroxylation is 4. The SMILES string of the molecule is Cc1ccc(N(c2ccc(C)cc2)c2ccc3c(c2)c2cc(N(c4ccc(C)cc4)c4ccc(C)cc4)ccc2n3-c2ccccc2Oc2nc(C(C)(C)C)nc(C(C)(C)C)n2)cc1. The van der Waals surface area contributed by atoms with E-state index in [1.165, 1.54) is 22.3 Å². The van der Waals surface area contributed by atoms with Crippen LogP contribution in [0.5, 0.6) is 11.8 Å². The van der Waals surface area contributed by atoms with Gasteiger partial charge in [-0.05, 0) is 125 Å². The van der Waals surface area contributed by atoms with Crippen LogP contribution < -0.4 is 14.5 Å². The smallest absolute Gasteiger partial charge is 0.325 e. The number of ether oxygens (including phenoxy) is 1. The molecule has 0 aliphatic carbocycles. The maximum Gasteiger partial charge on any atom is 0.325 e. The Bertz CT molecular complexity index is 2840. The number of anilines is 6. The summed E-state index contributed by atoms with van der Waals surface area (Å²) in [6, 6.07) is 57.1. The summed E-state index contributed by atoms with van der Waals surface area (Å²) in [5.41, 5.74) is 13.7. The van der Waals surface area contributed by atoms with Crippen molar-refractivity contribution in [2.24, 2.45) is 0 Å². The summed E-state index contributed by atoms with van der Waals surface area (Å²) in [5.74, 6) is 2.02. The first-order valence-corrected chi connectivity index (χ1v) is 22.1. The fourth-order valence-corrected chi connectivity index (χ4v) is 8.11. The first kappa shape index (κ1) is 42.1. The van der Waals surface area contributed by atoms with E-state index in [0.717, 1.165) is 61.6 Å². The average Bonchev–Trinajstić information content (AvgIpc) is 3.59. The number of nitrogens with zero attached hydrogens (tertiary/aromatic N) is 6. The maximum atomic E-state index is 6.80. The quantitative estimate of drug-likeness (QED) is 0.144. The summed E-state index contributed by atoms with van der Waals surface area (Å²) >= 11 is 0. The molecule has 9 aromatic rings. The van der Waals surface area contributed by atoms with Gasteiger partial charge < -0.3 is 19.1 Å². The van der Waals surface area contributed by atoms with Crippen LogP contribution in [0.25, 0.3) is 27.5 Å². The van der Waals surface area contributed by atoms with Crippen LogP contribution in [-0.2, 0) is 10.8 Å². The van der Waals surface area contributed by atoms with Crippen molar-refractivity contribution < 1.29 is 4.74 Å². The van der Waals surface area contributed by atoms with Gasteiger partial charge >= 0.3 is 6.01 Å². The lowest BCUT2D eigenvalue weighted by atomic mass is 9.93. The Morgan fingerprint density at radius 3 is 1.11 bits per heavy atom. The van der Waals surface area contributed by atoms with E-state index in [1.807, 2.05) is 12.1 Å². The minimum Gasteiger partial charge on any atom is -0.422 e. The number of para-hydroxylation sites is 2. The maximum absolute atomic E-state index is 6.80. The predicted octanol–water partition coefficient (Wildman–Crippen LogP) is 15.5.